The molecule has 0 aliphatic carbocycles. The van der Waals surface area contributed by atoms with Gasteiger partial charge in [0, 0.05) is 21.7 Å². The fraction of sp³-hybridized carbons (Fsp3) is 0.471. The molecule has 3 rings (SSSR count). The number of amides is 1. The summed E-state index contributed by atoms with van der Waals surface area (Å²) in [5.74, 6) is 0. The standard InChI is InChI=1S/C17H21NO3S/c1-3-14-10(2)11-6-4-7-12(16(11)22-14)15(19)13-8-5-9-18(13)17(20)21/h4,6-7,13,15,19H,3,5,8-9H2,1-2H3,(H,20,21)/t13-,15+/m0/s1. The summed E-state index contributed by atoms with van der Waals surface area (Å²) >= 11 is 1.72. The number of aliphatic hydroxyl groups is 1. The van der Waals surface area contributed by atoms with Gasteiger partial charge in [0.2, 0.25) is 0 Å². The summed E-state index contributed by atoms with van der Waals surface area (Å²) in [5, 5.41) is 21.3. The fourth-order valence-electron chi connectivity index (χ4n) is 3.45. The van der Waals surface area contributed by atoms with E-state index in [1.807, 2.05) is 12.1 Å². The molecular weight excluding hydrogens is 298 g/mol. The van der Waals surface area contributed by atoms with Gasteiger partial charge in [-0.05, 0) is 37.1 Å². The summed E-state index contributed by atoms with van der Waals surface area (Å²) in [6, 6.07) is 5.64. The Balaban J connectivity index is 2.04. The molecule has 2 aromatic rings. The summed E-state index contributed by atoms with van der Waals surface area (Å²) in [6.07, 6.45) is 0.809. The lowest BCUT2D eigenvalue weighted by Crippen LogP contribution is -2.38. The second kappa shape index (κ2) is 5.89. The first kappa shape index (κ1) is 15.3. The zero-order valence-electron chi connectivity index (χ0n) is 12.9. The van der Waals surface area contributed by atoms with Gasteiger partial charge < -0.3 is 15.1 Å². The Morgan fingerprint density at radius 1 is 1.50 bits per heavy atom. The van der Waals surface area contributed by atoms with Crippen molar-refractivity contribution in [2.24, 2.45) is 0 Å². The number of carboxylic acid groups (broad SMARTS) is 1. The molecule has 0 saturated carbocycles. The number of carbonyl (C=O) groups is 1. The van der Waals surface area contributed by atoms with Gasteiger partial charge in [0.15, 0.2) is 0 Å². The van der Waals surface area contributed by atoms with Gasteiger partial charge in [-0.15, -0.1) is 11.3 Å². The largest absolute Gasteiger partial charge is 0.465 e. The molecule has 2 heterocycles. The van der Waals surface area contributed by atoms with E-state index in [4.69, 9.17) is 0 Å². The van der Waals surface area contributed by atoms with Gasteiger partial charge in [-0.25, -0.2) is 4.79 Å². The number of nitrogens with zero attached hydrogens (tertiary/aromatic N) is 1. The smallest absolute Gasteiger partial charge is 0.407 e. The predicted molar refractivity (Wildman–Crippen MR) is 88.7 cm³/mol. The molecule has 118 valence electrons. The van der Waals surface area contributed by atoms with Gasteiger partial charge in [-0.3, -0.25) is 0 Å². The number of rotatable bonds is 3. The van der Waals surface area contributed by atoms with Crippen LogP contribution in [0.2, 0.25) is 0 Å². The van der Waals surface area contributed by atoms with Crippen LogP contribution in [0.1, 0.15) is 41.9 Å². The molecule has 1 aromatic heterocycles. The fourth-order valence-corrected chi connectivity index (χ4v) is 4.74. The minimum absolute atomic E-state index is 0.337. The number of benzene rings is 1. The number of hydrogen-bond donors (Lipinski definition) is 2. The topological polar surface area (TPSA) is 60.8 Å². The second-order valence-corrected chi connectivity index (χ2v) is 6.96. The molecule has 0 spiro atoms. The zero-order chi connectivity index (χ0) is 15.9. The van der Waals surface area contributed by atoms with Gasteiger partial charge >= 0.3 is 6.09 Å². The first-order valence-corrected chi connectivity index (χ1v) is 8.54. The molecule has 22 heavy (non-hydrogen) atoms. The van der Waals surface area contributed by atoms with Crippen molar-refractivity contribution in [1.82, 2.24) is 4.90 Å². The van der Waals surface area contributed by atoms with E-state index in [-0.39, 0.29) is 6.04 Å². The highest BCUT2D eigenvalue weighted by molar-refractivity contribution is 7.19. The maximum absolute atomic E-state index is 11.3. The van der Waals surface area contributed by atoms with E-state index in [0.717, 1.165) is 29.5 Å². The molecule has 1 amide bonds. The molecule has 1 aromatic carbocycles. The molecule has 1 aliphatic heterocycles. The number of hydrogen-bond acceptors (Lipinski definition) is 3. The van der Waals surface area contributed by atoms with E-state index in [1.54, 1.807) is 11.3 Å². The molecule has 1 aliphatic rings. The van der Waals surface area contributed by atoms with Crippen LogP contribution < -0.4 is 0 Å². The zero-order valence-corrected chi connectivity index (χ0v) is 13.7. The summed E-state index contributed by atoms with van der Waals surface area (Å²) in [6.45, 7) is 4.76. The van der Waals surface area contributed by atoms with Crippen molar-refractivity contribution in [2.45, 2.75) is 45.3 Å². The Morgan fingerprint density at radius 3 is 2.95 bits per heavy atom. The lowest BCUT2D eigenvalue weighted by atomic mass is 9.98. The molecule has 5 heteroatoms. The Bertz CT molecular complexity index is 709. The average molecular weight is 319 g/mol. The molecule has 0 radical (unpaired) electrons. The van der Waals surface area contributed by atoms with E-state index < -0.39 is 12.2 Å². The van der Waals surface area contributed by atoms with Gasteiger partial charge in [-0.1, -0.05) is 25.1 Å². The molecule has 2 atom stereocenters. The average Bonchev–Trinajstić information content (AvgIpc) is 3.11. The van der Waals surface area contributed by atoms with Crippen LogP contribution in [-0.2, 0) is 6.42 Å². The third-order valence-electron chi connectivity index (χ3n) is 4.64. The third kappa shape index (κ3) is 2.38. The molecule has 0 unspecified atom stereocenters. The van der Waals surface area contributed by atoms with Crippen molar-refractivity contribution >= 4 is 27.5 Å². The van der Waals surface area contributed by atoms with Crippen LogP contribution in [0.3, 0.4) is 0 Å². The Labute approximate surface area is 134 Å². The normalized spacial score (nSPS) is 19.8. The summed E-state index contributed by atoms with van der Waals surface area (Å²) in [5.41, 5.74) is 2.14. The third-order valence-corrected chi connectivity index (χ3v) is 6.14. The second-order valence-electron chi connectivity index (χ2n) is 5.86. The molecular formula is C17H21NO3S. The first-order valence-electron chi connectivity index (χ1n) is 7.73. The van der Waals surface area contributed by atoms with Crippen molar-refractivity contribution in [1.29, 1.82) is 0 Å². The van der Waals surface area contributed by atoms with E-state index in [1.165, 1.54) is 20.7 Å². The van der Waals surface area contributed by atoms with E-state index >= 15 is 0 Å². The highest BCUT2D eigenvalue weighted by Gasteiger charge is 2.35. The number of thiophene rings is 1. The van der Waals surface area contributed by atoms with Gasteiger partial charge in [0.1, 0.15) is 6.10 Å². The first-order chi connectivity index (χ1) is 10.5. The van der Waals surface area contributed by atoms with Crippen LogP contribution in [0.15, 0.2) is 18.2 Å². The van der Waals surface area contributed by atoms with Gasteiger partial charge in [0.05, 0.1) is 6.04 Å². The summed E-state index contributed by atoms with van der Waals surface area (Å²) in [4.78, 5) is 14.0. The minimum atomic E-state index is -0.940. The molecule has 1 saturated heterocycles. The van der Waals surface area contributed by atoms with Crippen molar-refractivity contribution in [3.63, 3.8) is 0 Å². The van der Waals surface area contributed by atoms with E-state index in [2.05, 4.69) is 19.9 Å². The van der Waals surface area contributed by atoms with Crippen molar-refractivity contribution < 1.29 is 15.0 Å². The molecule has 2 N–H and O–H groups in total. The molecule has 0 bridgehead atoms. The van der Waals surface area contributed by atoms with Crippen LogP contribution in [0.25, 0.3) is 10.1 Å². The van der Waals surface area contributed by atoms with Crippen molar-refractivity contribution in [3.8, 4) is 0 Å². The monoisotopic (exact) mass is 319 g/mol. The van der Waals surface area contributed by atoms with Crippen molar-refractivity contribution in [2.75, 3.05) is 6.54 Å². The van der Waals surface area contributed by atoms with E-state index in [0.29, 0.717) is 6.54 Å². The Kier molecular flexibility index (Phi) is 4.10. The highest BCUT2D eigenvalue weighted by Crippen LogP contribution is 2.39. The summed E-state index contributed by atoms with van der Waals surface area (Å²) < 4.78 is 1.10. The SMILES string of the molecule is CCc1sc2c([C@@H](O)[C@@H]3CCCN3C(=O)O)cccc2c1C. The van der Waals surface area contributed by atoms with Crippen LogP contribution in [0.5, 0.6) is 0 Å². The Hall–Kier alpha value is -1.59. The number of aliphatic hydroxyl groups excluding tert-OH is 1. The Morgan fingerprint density at radius 2 is 2.27 bits per heavy atom. The maximum Gasteiger partial charge on any atom is 0.407 e. The van der Waals surface area contributed by atoms with Gasteiger partial charge in [0.25, 0.3) is 0 Å². The molecule has 1 fully saturated rings. The lowest BCUT2D eigenvalue weighted by Gasteiger charge is -2.26. The van der Waals surface area contributed by atoms with E-state index in [9.17, 15) is 15.0 Å². The lowest BCUT2D eigenvalue weighted by molar-refractivity contribution is 0.0686. The molecule has 4 nitrogen and oxygen atoms in total. The van der Waals surface area contributed by atoms with Crippen molar-refractivity contribution in [3.05, 3.63) is 34.2 Å². The number of likely N-dealkylation sites (tertiary alicyclic amines) is 1. The van der Waals surface area contributed by atoms with Crippen LogP contribution in [0.4, 0.5) is 4.79 Å². The quantitative estimate of drug-likeness (QED) is 0.900. The highest BCUT2D eigenvalue weighted by atomic mass is 32.1. The summed E-state index contributed by atoms with van der Waals surface area (Å²) in [7, 11) is 0. The minimum Gasteiger partial charge on any atom is -0.465 e. The van der Waals surface area contributed by atoms with Crippen LogP contribution in [-0.4, -0.2) is 33.8 Å². The van der Waals surface area contributed by atoms with Crippen LogP contribution in [0, 0.1) is 6.92 Å². The van der Waals surface area contributed by atoms with Gasteiger partial charge in [-0.2, -0.15) is 0 Å². The predicted octanol–water partition coefficient (Wildman–Crippen LogP) is 3.95. The maximum atomic E-state index is 11.3. The number of aryl methyl sites for hydroxylation is 2. The van der Waals surface area contributed by atoms with Crippen LogP contribution >= 0.6 is 11.3 Å². The number of fused-ring (bicyclic) bond motifs is 1.